The summed E-state index contributed by atoms with van der Waals surface area (Å²) in [5, 5.41) is 12.4. The topological polar surface area (TPSA) is 95.9 Å². The van der Waals surface area contributed by atoms with Gasteiger partial charge in [-0.05, 0) is 60.8 Å². The molecule has 2 N–H and O–H groups in total. The lowest BCUT2D eigenvalue weighted by atomic mass is 9.91. The molecule has 1 heterocycles. The Hall–Kier alpha value is -3.35. The summed E-state index contributed by atoms with van der Waals surface area (Å²) in [6, 6.07) is 15.6. The van der Waals surface area contributed by atoms with Crippen molar-refractivity contribution in [2.75, 3.05) is 13.2 Å². The first-order valence-electron chi connectivity index (χ1n) is 12.0. The van der Waals surface area contributed by atoms with Crippen LogP contribution in [0.2, 0.25) is 0 Å². The summed E-state index contributed by atoms with van der Waals surface area (Å²) < 4.78 is 5.71. The molecule has 3 aliphatic rings. The Morgan fingerprint density at radius 2 is 1.65 bits per heavy atom. The van der Waals surface area contributed by atoms with Crippen molar-refractivity contribution in [2.45, 2.75) is 56.5 Å². The molecule has 178 valence electrons. The Morgan fingerprint density at radius 3 is 2.24 bits per heavy atom. The number of carbonyl (C=O) groups is 3. The van der Waals surface area contributed by atoms with Gasteiger partial charge in [-0.3, -0.25) is 4.79 Å². The predicted octanol–water partition coefficient (Wildman–Crippen LogP) is 4.16. The minimum Gasteiger partial charge on any atom is -0.480 e. The number of rotatable bonds is 7. The number of nitrogens with zero attached hydrogens (tertiary/aromatic N) is 1. The molecule has 2 aromatic rings. The molecule has 1 saturated heterocycles. The number of hydrogen-bond acceptors (Lipinski definition) is 4. The number of aliphatic carboxylic acids is 1. The molecule has 0 spiro atoms. The Balaban J connectivity index is 1.25. The van der Waals surface area contributed by atoms with E-state index in [0.717, 1.165) is 24.0 Å². The van der Waals surface area contributed by atoms with Crippen LogP contribution in [0, 0.1) is 5.92 Å². The van der Waals surface area contributed by atoms with Crippen molar-refractivity contribution in [2.24, 2.45) is 5.92 Å². The van der Waals surface area contributed by atoms with Crippen LogP contribution in [0.5, 0.6) is 0 Å². The molecular weight excluding hydrogens is 432 g/mol. The lowest BCUT2D eigenvalue weighted by molar-refractivity contribution is -0.148. The maximum Gasteiger partial charge on any atom is 0.407 e. The monoisotopic (exact) mass is 462 g/mol. The van der Waals surface area contributed by atoms with E-state index in [2.05, 4.69) is 29.6 Å². The van der Waals surface area contributed by atoms with Gasteiger partial charge in [0, 0.05) is 12.5 Å². The van der Waals surface area contributed by atoms with Crippen molar-refractivity contribution in [3.05, 3.63) is 59.7 Å². The van der Waals surface area contributed by atoms with Gasteiger partial charge in [0.1, 0.15) is 12.6 Å². The van der Waals surface area contributed by atoms with Gasteiger partial charge >= 0.3 is 12.1 Å². The summed E-state index contributed by atoms with van der Waals surface area (Å²) in [5.74, 6) is -1.04. The van der Waals surface area contributed by atoms with Crippen LogP contribution in [0.25, 0.3) is 11.1 Å². The third-order valence-electron chi connectivity index (χ3n) is 7.59. The maximum absolute atomic E-state index is 13.0. The third-order valence-corrected chi connectivity index (χ3v) is 7.59. The Bertz CT molecular complexity index is 1080. The highest BCUT2D eigenvalue weighted by Crippen LogP contribution is 2.45. The number of likely N-dealkylation sites (tertiary alicyclic amines) is 1. The van der Waals surface area contributed by atoms with Crippen LogP contribution in [-0.4, -0.2) is 52.7 Å². The highest BCUT2D eigenvalue weighted by Gasteiger charge is 2.46. The fourth-order valence-electron chi connectivity index (χ4n) is 5.62. The summed E-state index contributed by atoms with van der Waals surface area (Å²) in [7, 11) is 0. The lowest BCUT2D eigenvalue weighted by Gasteiger charge is -2.33. The average Bonchev–Trinajstić information content (AvgIpc) is 3.48. The molecule has 7 heteroatoms. The number of ether oxygens (including phenoxy) is 1. The van der Waals surface area contributed by atoms with Crippen molar-refractivity contribution in [3.8, 4) is 11.1 Å². The summed E-state index contributed by atoms with van der Waals surface area (Å²) in [5.41, 5.74) is 3.86. The number of carboxylic acids is 1. The van der Waals surface area contributed by atoms with Gasteiger partial charge in [-0.2, -0.15) is 0 Å². The molecule has 0 bridgehead atoms. The van der Waals surface area contributed by atoms with Gasteiger partial charge in [-0.1, -0.05) is 48.5 Å². The second kappa shape index (κ2) is 8.78. The number of benzene rings is 2. The normalized spacial score (nSPS) is 20.9. The Kier molecular flexibility index (Phi) is 5.80. The average molecular weight is 463 g/mol. The molecule has 1 aliphatic heterocycles. The molecule has 7 nitrogen and oxygen atoms in total. The minimum absolute atomic E-state index is 0.0344. The molecule has 0 radical (unpaired) electrons. The Morgan fingerprint density at radius 1 is 1.03 bits per heavy atom. The second-order valence-corrected chi connectivity index (χ2v) is 9.90. The molecule has 1 saturated carbocycles. The molecule has 5 rings (SSSR count). The lowest BCUT2D eigenvalue weighted by Crippen LogP contribution is -2.52. The first-order valence-corrected chi connectivity index (χ1v) is 12.0. The van der Waals surface area contributed by atoms with Crippen LogP contribution in [-0.2, 0) is 14.3 Å². The second-order valence-electron chi connectivity index (χ2n) is 9.90. The van der Waals surface area contributed by atoms with Crippen molar-refractivity contribution in [1.29, 1.82) is 0 Å². The van der Waals surface area contributed by atoms with Crippen LogP contribution in [0.15, 0.2) is 48.5 Å². The number of amides is 2. The standard InChI is InChI=1S/C27H30N2O5/c1-27(17-12-13-17,15-24(30)29-14-6-11-23(29)25(31)32)28-26(33)34-16-22-20-9-4-2-7-18(20)19-8-3-5-10-21(19)22/h2-5,7-10,17,22-23H,6,11-16H2,1H3,(H,28,33)(H,31,32). The SMILES string of the molecule is CC(CC(=O)N1CCCC1C(=O)O)(NC(=O)OCC1c2ccccc2-c2ccccc21)C1CC1. The molecule has 34 heavy (non-hydrogen) atoms. The van der Waals surface area contributed by atoms with Crippen molar-refractivity contribution in [3.63, 3.8) is 0 Å². The van der Waals surface area contributed by atoms with Gasteiger partial charge in [-0.15, -0.1) is 0 Å². The van der Waals surface area contributed by atoms with Crippen molar-refractivity contribution in [1.82, 2.24) is 10.2 Å². The molecule has 2 fully saturated rings. The van der Waals surface area contributed by atoms with E-state index in [4.69, 9.17) is 4.74 Å². The first-order chi connectivity index (χ1) is 16.4. The van der Waals surface area contributed by atoms with Crippen LogP contribution in [0.1, 0.15) is 56.1 Å². The van der Waals surface area contributed by atoms with Gasteiger partial charge in [0.2, 0.25) is 5.91 Å². The largest absolute Gasteiger partial charge is 0.480 e. The maximum atomic E-state index is 13.0. The van der Waals surface area contributed by atoms with Gasteiger partial charge in [0.05, 0.1) is 12.0 Å². The van der Waals surface area contributed by atoms with E-state index in [0.29, 0.717) is 19.4 Å². The van der Waals surface area contributed by atoms with Gasteiger partial charge < -0.3 is 20.1 Å². The highest BCUT2D eigenvalue weighted by atomic mass is 16.5. The molecular formula is C27H30N2O5. The quantitative estimate of drug-likeness (QED) is 0.644. The first kappa shape index (κ1) is 22.4. The number of carbonyl (C=O) groups excluding carboxylic acids is 2. The predicted molar refractivity (Wildman–Crippen MR) is 126 cm³/mol. The molecule has 2 unspecified atom stereocenters. The van der Waals surface area contributed by atoms with Crippen LogP contribution < -0.4 is 5.32 Å². The summed E-state index contributed by atoms with van der Waals surface area (Å²) in [4.78, 5) is 38.9. The smallest absolute Gasteiger partial charge is 0.407 e. The van der Waals surface area contributed by atoms with E-state index in [9.17, 15) is 19.5 Å². The van der Waals surface area contributed by atoms with Crippen LogP contribution in [0.3, 0.4) is 0 Å². The van der Waals surface area contributed by atoms with Gasteiger partial charge in [0.25, 0.3) is 0 Å². The van der Waals surface area contributed by atoms with E-state index in [1.54, 1.807) is 0 Å². The van der Waals surface area contributed by atoms with Gasteiger partial charge in [0.15, 0.2) is 0 Å². The number of hydrogen-bond donors (Lipinski definition) is 2. The highest BCUT2D eigenvalue weighted by molar-refractivity contribution is 5.85. The number of carboxylic acid groups (broad SMARTS) is 1. The van der Waals surface area contributed by atoms with Crippen molar-refractivity contribution >= 4 is 18.0 Å². The number of nitrogens with one attached hydrogen (secondary N) is 1. The molecule has 2 amide bonds. The number of alkyl carbamates (subject to hydrolysis) is 1. The Labute approximate surface area is 199 Å². The minimum atomic E-state index is -0.969. The molecule has 2 atom stereocenters. The molecule has 2 aliphatic carbocycles. The zero-order valence-electron chi connectivity index (χ0n) is 19.3. The zero-order valence-corrected chi connectivity index (χ0v) is 19.3. The summed E-state index contributed by atoms with van der Waals surface area (Å²) >= 11 is 0. The van der Waals surface area contributed by atoms with E-state index in [-0.39, 0.29) is 30.8 Å². The summed E-state index contributed by atoms with van der Waals surface area (Å²) in [6.07, 6.45) is 2.54. The summed E-state index contributed by atoms with van der Waals surface area (Å²) in [6.45, 7) is 2.53. The van der Waals surface area contributed by atoms with Crippen molar-refractivity contribution < 1.29 is 24.2 Å². The van der Waals surface area contributed by atoms with Crippen LogP contribution in [0.4, 0.5) is 4.79 Å². The van der Waals surface area contributed by atoms with E-state index in [1.165, 1.54) is 16.0 Å². The third kappa shape index (κ3) is 4.15. The van der Waals surface area contributed by atoms with Crippen LogP contribution >= 0.6 is 0 Å². The van der Waals surface area contributed by atoms with Gasteiger partial charge in [-0.25, -0.2) is 9.59 Å². The number of fused-ring (bicyclic) bond motifs is 3. The molecule has 2 aromatic carbocycles. The van der Waals surface area contributed by atoms with E-state index < -0.39 is 23.6 Å². The zero-order chi connectivity index (χ0) is 23.9. The molecule has 0 aromatic heterocycles. The fraction of sp³-hybridized carbons (Fsp3) is 0.444. The van der Waals surface area contributed by atoms with E-state index in [1.807, 2.05) is 31.2 Å². The fourth-order valence-corrected chi connectivity index (χ4v) is 5.62. The van der Waals surface area contributed by atoms with E-state index >= 15 is 0 Å².